The fourth-order valence-electron chi connectivity index (χ4n) is 2.40. The Morgan fingerprint density at radius 2 is 1.83 bits per heavy atom. The molecule has 0 aliphatic heterocycles. The number of ketones is 1. The van der Waals surface area contributed by atoms with Crippen molar-refractivity contribution in [1.82, 2.24) is 5.32 Å². The predicted molar refractivity (Wildman–Crippen MR) is 94.3 cm³/mol. The summed E-state index contributed by atoms with van der Waals surface area (Å²) >= 11 is 0. The van der Waals surface area contributed by atoms with E-state index in [9.17, 15) is 9.59 Å². The summed E-state index contributed by atoms with van der Waals surface area (Å²) in [5.74, 6) is 0.459. The van der Waals surface area contributed by atoms with Crippen LogP contribution in [-0.2, 0) is 17.6 Å². The third-order valence-corrected chi connectivity index (χ3v) is 3.75. The maximum Gasteiger partial charge on any atom is 0.224 e. The number of anilines is 1. The zero-order chi connectivity index (χ0) is 17.5. The van der Waals surface area contributed by atoms with Gasteiger partial charge in [-0.15, -0.1) is 0 Å². The number of nitrogen functional groups attached to an aromatic ring is 1. The monoisotopic (exact) mass is 326 g/mol. The molecule has 5 heteroatoms. The second kappa shape index (κ2) is 8.15. The number of Topliss-reactive ketones (excluding diaryl/α,β-unsaturated/α-hetero) is 1. The number of hydrogen-bond donors (Lipinski definition) is 2. The van der Waals surface area contributed by atoms with Gasteiger partial charge in [-0.05, 0) is 49.2 Å². The van der Waals surface area contributed by atoms with E-state index in [1.54, 1.807) is 25.3 Å². The van der Waals surface area contributed by atoms with Gasteiger partial charge in [-0.25, -0.2) is 0 Å². The van der Waals surface area contributed by atoms with Crippen molar-refractivity contribution >= 4 is 17.4 Å². The lowest BCUT2D eigenvalue weighted by Gasteiger charge is -2.10. The van der Waals surface area contributed by atoms with Gasteiger partial charge in [0, 0.05) is 23.4 Å². The molecule has 0 unspecified atom stereocenters. The maximum atomic E-state index is 12.1. The molecular formula is C19H22N2O3. The highest BCUT2D eigenvalue weighted by Gasteiger charge is 2.11. The minimum Gasteiger partial charge on any atom is -0.496 e. The van der Waals surface area contributed by atoms with E-state index in [0.29, 0.717) is 23.4 Å². The molecule has 0 fully saturated rings. The van der Waals surface area contributed by atoms with Crippen molar-refractivity contribution in [1.29, 1.82) is 0 Å². The summed E-state index contributed by atoms with van der Waals surface area (Å²) in [7, 11) is 1.55. The molecule has 126 valence electrons. The molecule has 2 aromatic rings. The average molecular weight is 326 g/mol. The van der Waals surface area contributed by atoms with Crippen LogP contribution >= 0.6 is 0 Å². The van der Waals surface area contributed by atoms with Crippen LogP contribution < -0.4 is 15.8 Å². The van der Waals surface area contributed by atoms with Gasteiger partial charge < -0.3 is 15.8 Å². The molecule has 0 bridgehead atoms. The standard InChI is InChI=1S/C19H22N2O3/c1-13(22)15-5-8-18(24-2)16(11-15)12-19(23)21-10-9-14-3-6-17(20)7-4-14/h3-8,11H,9-10,12,20H2,1-2H3,(H,21,23). The van der Waals surface area contributed by atoms with E-state index in [-0.39, 0.29) is 18.1 Å². The number of methoxy groups -OCH3 is 1. The summed E-state index contributed by atoms with van der Waals surface area (Å²) in [4.78, 5) is 23.6. The number of carbonyl (C=O) groups excluding carboxylic acids is 2. The average Bonchev–Trinajstić information content (AvgIpc) is 2.56. The van der Waals surface area contributed by atoms with Gasteiger partial charge in [-0.2, -0.15) is 0 Å². The zero-order valence-corrected chi connectivity index (χ0v) is 14.0. The van der Waals surface area contributed by atoms with Crippen LogP contribution in [0.15, 0.2) is 42.5 Å². The number of ether oxygens (including phenoxy) is 1. The van der Waals surface area contributed by atoms with E-state index in [1.807, 2.05) is 24.3 Å². The highest BCUT2D eigenvalue weighted by molar-refractivity contribution is 5.94. The minimum absolute atomic E-state index is 0.0392. The molecule has 0 atom stereocenters. The van der Waals surface area contributed by atoms with Crippen LogP contribution in [0.5, 0.6) is 5.75 Å². The smallest absolute Gasteiger partial charge is 0.224 e. The first-order valence-corrected chi connectivity index (χ1v) is 7.78. The van der Waals surface area contributed by atoms with Gasteiger partial charge in [0.15, 0.2) is 5.78 Å². The van der Waals surface area contributed by atoms with Crippen LogP contribution in [0.1, 0.15) is 28.4 Å². The van der Waals surface area contributed by atoms with Gasteiger partial charge in [0.2, 0.25) is 5.91 Å². The quantitative estimate of drug-likeness (QED) is 0.604. The topological polar surface area (TPSA) is 81.4 Å². The zero-order valence-electron chi connectivity index (χ0n) is 14.0. The summed E-state index contributed by atoms with van der Waals surface area (Å²) < 4.78 is 5.26. The Hall–Kier alpha value is -2.82. The molecule has 0 aromatic heterocycles. The highest BCUT2D eigenvalue weighted by atomic mass is 16.5. The number of nitrogens with two attached hydrogens (primary N) is 1. The molecule has 0 aliphatic rings. The summed E-state index contributed by atoms with van der Waals surface area (Å²) in [6.45, 7) is 2.04. The SMILES string of the molecule is COc1ccc(C(C)=O)cc1CC(=O)NCCc1ccc(N)cc1. The van der Waals surface area contributed by atoms with Gasteiger partial charge in [0.05, 0.1) is 13.5 Å². The Morgan fingerprint density at radius 1 is 1.12 bits per heavy atom. The van der Waals surface area contributed by atoms with Crippen LogP contribution in [0.2, 0.25) is 0 Å². The van der Waals surface area contributed by atoms with Gasteiger partial charge in [-0.1, -0.05) is 12.1 Å². The van der Waals surface area contributed by atoms with Crippen LogP contribution in [0.4, 0.5) is 5.69 Å². The minimum atomic E-state index is -0.107. The third-order valence-electron chi connectivity index (χ3n) is 3.75. The van der Waals surface area contributed by atoms with Gasteiger partial charge in [0.25, 0.3) is 0 Å². The second-order valence-electron chi connectivity index (χ2n) is 5.60. The number of benzene rings is 2. The molecule has 3 N–H and O–H groups in total. The molecule has 0 aliphatic carbocycles. The van der Waals surface area contributed by atoms with Gasteiger partial charge >= 0.3 is 0 Å². The third kappa shape index (κ3) is 4.84. The van der Waals surface area contributed by atoms with E-state index in [4.69, 9.17) is 10.5 Å². The van der Waals surface area contributed by atoms with Crippen LogP contribution in [0, 0.1) is 0 Å². The van der Waals surface area contributed by atoms with Crippen molar-refractivity contribution in [3.8, 4) is 5.75 Å². The van der Waals surface area contributed by atoms with E-state index < -0.39 is 0 Å². The van der Waals surface area contributed by atoms with Crippen LogP contribution in [0.3, 0.4) is 0 Å². The first kappa shape index (κ1) is 17.5. The Bertz CT molecular complexity index is 724. The summed E-state index contributed by atoms with van der Waals surface area (Å²) in [6.07, 6.45) is 0.905. The molecular weight excluding hydrogens is 304 g/mol. The second-order valence-corrected chi connectivity index (χ2v) is 5.60. The van der Waals surface area contributed by atoms with Crippen LogP contribution in [-0.4, -0.2) is 25.3 Å². The summed E-state index contributed by atoms with van der Waals surface area (Å²) in [5, 5.41) is 2.88. The predicted octanol–water partition coefficient (Wildman–Crippen LogP) is 2.38. The molecule has 2 rings (SSSR count). The van der Waals surface area contributed by atoms with E-state index in [1.165, 1.54) is 6.92 Å². The van der Waals surface area contributed by atoms with E-state index >= 15 is 0 Å². The van der Waals surface area contributed by atoms with Crippen LogP contribution in [0.25, 0.3) is 0 Å². The van der Waals surface area contributed by atoms with E-state index in [2.05, 4.69) is 5.32 Å². The fourth-order valence-corrected chi connectivity index (χ4v) is 2.40. The van der Waals surface area contributed by atoms with Gasteiger partial charge in [0.1, 0.15) is 5.75 Å². The maximum absolute atomic E-state index is 12.1. The molecule has 2 aromatic carbocycles. The first-order valence-electron chi connectivity index (χ1n) is 7.78. The molecule has 1 amide bonds. The number of hydrogen-bond acceptors (Lipinski definition) is 4. The normalized spacial score (nSPS) is 10.2. The van der Waals surface area contributed by atoms with Crippen molar-refractivity contribution in [3.05, 3.63) is 59.2 Å². The Balaban J connectivity index is 1.93. The first-order chi connectivity index (χ1) is 11.5. The lowest BCUT2D eigenvalue weighted by atomic mass is 10.0. The lowest BCUT2D eigenvalue weighted by molar-refractivity contribution is -0.120. The molecule has 0 saturated heterocycles. The highest BCUT2D eigenvalue weighted by Crippen LogP contribution is 2.20. The Morgan fingerprint density at radius 3 is 2.46 bits per heavy atom. The fraction of sp³-hybridized carbons (Fsp3) is 0.263. The summed E-state index contributed by atoms with van der Waals surface area (Å²) in [5.41, 5.74) is 8.75. The summed E-state index contributed by atoms with van der Waals surface area (Å²) in [6, 6.07) is 12.7. The van der Waals surface area contributed by atoms with Crippen molar-refractivity contribution < 1.29 is 14.3 Å². The van der Waals surface area contributed by atoms with Crippen molar-refractivity contribution in [2.75, 3.05) is 19.4 Å². The molecule has 0 spiro atoms. The largest absolute Gasteiger partial charge is 0.496 e. The van der Waals surface area contributed by atoms with Gasteiger partial charge in [-0.3, -0.25) is 9.59 Å². The lowest BCUT2D eigenvalue weighted by Crippen LogP contribution is -2.27. The Labute approximate surface area is 141 Å². The molecule has 0 saturated carbocycles. The number of nitrogens with one attached hydrogen (secondary N) is 1. The number of carbonyl (C=O) groups is 2. The van der Waals surface area contributed by atoms with Crippen molar-refractivity contribution in [3.63, 3.8) is 0 Å². The number of amides is 1. The number of rotatable bonds is 7. The van der Waals surface area contributed by atoms with Crippen molar-refractivity contribution in [2.24, 2.45) is 0 Å². The molecule has 0 heterocycles. The van der Waals surface area contributed by atoms with E-state index in [0.717, 1.165) is 17.7 Å². The molecule has 0 radical (unpaired) electrons. The van der Waals surface area contributed by atoms with Crippen molar-refractivity contribution in [2.45, 2.75) is 19.8 Å². The molecule has 24 heavy (non-hydrogen) atoms. The molecule has 5 nitrogen and oxygen atoms in total. The Kier molecular flexibility index (Phi) is 5.95.